The SMILES string of the molecule is CCC(=O)Nc1ccc(CN2C(=O)N(c3cc(OC)cc(OC)c3)Cc3cnc(Nc4ccc(N5CCC(C)CC5)cc4)nc32)cc1. The number of rotatable bonds is 10. The molecule has 3 aromatic carbocycles. The standard InChI is InChI=1S/C36H41N7O4/c1-5-33(44)38-27-8-6-25(7-9-27)22-43-34-26(23-42(36(43)45)30-18-31(46-3)20-32(19-30)47-4)21-37-35(40-34)39-28-10-12-29(13-11-28)41-16-14-24(2)15-17-41/h6-13,18-21,24H,5,14-17,22-23H2,1-4H3,(H,38,44)(H,37,39,40). The highest BCUT2D eigenvalue weighted by molar-refractivity contribution is 6.05. The molecule has 11 heteroatoms. The summed E-state index contributed by atoms with van der Waals surface area (Å²) < 4.78 is 11.0. The van der Waals surface area contributed by atoms with Crippen molar-refractivity contribution >= 4 is 46.5 Å². The summed E-state index contributed by atoms with van der Waals surface area (Å²) >= 11 is 0. The Kier molecular flexibility index (Phi) is 9.42. The van der Waals surface area contributed by atoms with E-state index in [-0.39, 0.29) is 25.0 Å². The Hall–Kier alpha value is -5.32. The molecule has 0 spiro atoms. The molecule has 0 saturated carbocycles. The van der Waals surface area contributed by atoms with Gasteiger partial charge in [0.05, 0.1) is 33.0 Å². The first kappa shape index (κ1) is 31.7. The van der Waals surface area contributed by atoms with E-state index in [9.17, 15) is 9.59 Å². The minimum atomic E-state index is -0.249. The third-order valence-electron chi connectivity index (χ3n) is 8.71. The smallest absolute Gasteiger partial charge is 0.330 e. The summed E-state index contributed by atoms with van der Waals surface area (Å²) in [7, 11) is 3.16. The average Bonchev–Trinajstić information content (AvgIpc) is 3.10. The lowest BCUT2D eigenvalue weighted by atomic mass is 9.99. The van der Waals surface area contributed by atoms with Gasteiger partial charge in [0.1, 0.15) is 17.3 Å². The van der Waals surface area contributed by atoms with Gasteiger partial charge in [0.2, 0.25) is 11.9 Å². The molecule has 3 heterocycles. The van der Waals surface area contributed by atoms with E-state index < -0.39 is 0 Å². The van der Waals surface area contributed by atoms with Crippen molar-refractivity contribution in [3.05, 3.63) is 84.1 Å². The highest BCUT2D eigenvalue weighted by atomic mass is 16.5. The zero-order valence-corrected chi connectivity index (χ0v) is 27.3. The molecule has 2 N–H and O–H groups in total. The summed E-state index contributed by atoms with van der Waals surface area (Å²) in [6.45, 7) is 6.79. The van der Waals surface area contributed by atoms with E-state index >= 15 is 0 Å². The minimum Gasteiger partial charge on any atom is -0.497 e. The lowest BCUT2D eigenvalue weighted by Crippen LogP contribution is -2.47. The fourth-order valence-electron chi connectivity index (χ4n) is 5.85. The van der Waals surface area contributed by atoms with Gasteiger partial charge in [0.15, 0.2) is 0 Å². The predicted octanol–water partition coefficient (Wildman–Crippen LogP) is 6.97. The lowest BCUT2D eigenvalue weighted by molar-refractivity contribution is -0.115. The second-order valence-corrected chi connectivity index (χ2v) is 12.0. The zero-order valence-electron chi connectivity index (χ0n) is 27.3. The van der Waals surface area contributed by atoms with E-state index in [1.165, 1.54) is 18.5 Å². The fourth-order valence-corrected chi connectivity index (χ4v) is 5.85. The van der Waals surface area contributed by atoms with Crippen LogP contribution in [-0.4, -0.2) is 49.2 Å². The normalized spacial score (nSPS) is 14.9. The number of hydrogen-bond donors (Lipinski definition) is 2. The number of benzene rings is 3. The number of urea groups is 1. The number of nitrogens with zero attached hydrogens (tertiary/aromatic N) is 5. The fraction of sp³-hybridized carbons (Fsp3) is 0.333. The van der Waals surface area contributed by atoms with Crippen molar-refractivity contribution < 1.29 is 19.1 Å². The Morgan fingerprint density at radius 1 is 0.915 bits per heavy atom. The Morgan fingerprint density at radius 2 is 1.57 bits per heavy atom. The van der Waals surface area contributed by atoms with Crippen LogP contribution in [0.25, 0.3) is 0 Å². The van der Waals surface area contributed by atoms with Crippen LogP contribution < -0.4 is 34.8 Å². The third-order valence-corrected chi connectivity index (χ3v) is 8.71. The van der Waals surface area contributed by atoms with Crippen LogP contribution in [0.3, 0.4) is 0 Å². The molecule has 0 aliphatic carbocycles. The van der Waals surface area contributed by atoms with E-state index in [1.54, 1.807) is 48.4 Å². The van der Waals surface area contributed by atoms with Crippen LogP contribution in [0.1, 0.15) is 44.2 Å². The van der Waals surface area contributed by atoms with Gasteiger partial charge in [-0.1, -0.05) is 26.0 Å². The summed E-state index contributed by atoms with van der Waals surface area (Å²) in [5.41, 5.74) is 5.07. The summed E-state index contributed by atoms with van der Waals surface area (Å²) in [5.74, 6) is 2.79. The molecule has 1 fully saturated rings. The first-order valence-electron chi connectivity index (χ1n) is 16.0. The van der Waals surface area contributed by atoms with E-state index in [0.717, 1.165) is 35.8 Å². The third kappa shape index (κ3) is 7.24. The summed E-state index contributed by atoms with van der Waals surface area (Å²) in [6, 6.07) is 20.9. The Bertz CT molecular complexity index is 1700. The monoisotopic (exact) mass is 635 g/mol. The highest BCUT2D eigenvalue weighted by Gasteiger charge is 2.34. The number of amides is 3. The van der Waals surface area contributed by atoms with Gasteiger partial charge in [-0.2, -0.15) is 4.98 Å². The Morgan fingerprint density at radius 3 is 2.21 bits per heavy atom. The highest BCUT2D eigenvalue weighted by Crippen LogP contribution is 2.36. The molecule has 0 bridgehead atoms. The minimum absolute atomic E-state index is 0.0604. The van der Waals surface area contributed by atoms with Crippen molar-refractivity contribution in [1.82, 2.24) is 9.97 Å². The largest absolute Gasteiger partial charge is 0.497 e. The number of anilines is 6. The van der Waals surface area contributed by atoms with Gasteiger partial charge >= 0.3 is 6.03 Å². The molecule has 4 aromatic rings. The Labute approximate surface area is 275 Å². The number of carbonyl (C=O) groups is 2. The van der Waals surface area contributed by atoms with E-state index in [4.69, 9.17) is 14.5 Å². The van der Waals surface area contributed by atoms with Gasteiger partial charge < -0.3 is 25.0 Å². The van der Waals surface area contributed by atoms with E-state index in [1.807, 2.05) is 43.3 Å². The topological polar surface area (TPSA) is 112 Å². The van der Waals surface area contributed by atoms with Crippen LogP contribution in [0.4, 0.5) is 39.3 Å². The second-order valence-electron chi connectivity index (χ2n) is 12.0. The van der Waals surface area contributed by atoms with Gasteiger partial charge in [-0.25, -0.2) is 9.78 Å². The molecule has 1 aromatic heterocycles. The molecule has 11 nitrogen and oxygen atoms in total. The van der Waals surface area contributed by atoms with Gasteiger partial charge in [-0.15, -0.1) is 0 Å². The van der Waals surface area contributed by atoms with Crippen molar-refractivity contribution in [2.45, 2.75) is 46.2 Å². The van der Waals surface area contributed by atoms with Crippen LogP contribution in [0.15, 0.2) is 72.9 Å². The van der Waals surface area contributed by atoms with Crippen molar-refractivity contribution in [3.8, 4) is 11.5 Å². The number of ether oxygens (including phenoxy) is 2. The molecule has 47 heavy (non-hydrogen) atoms. The maximum Gasteiger partial charge on any atom is 0.330 e. The molecule has 2 aliphatic heterocycles. The maximum absolute atomic E-state index is 14.2. The first-order chi connectivity index (χ1) is 22.8. The maximum atomic E-state index is 14.2. The van der Waals surface area contributed by atoms with Crippen LogP contribution in [0, 0.1) is 5.92 Å². The summed E-state index contributed by atoms with van der Waals surface area (Å²) in [5, 5.41) is 6.20. The van der Waals surface area contributed by atoms with Gasteiger partial charge in [-0.3, -0.25) is 14.6 Å². The van der Waals surface area contributed by atoms with Crippen LogP contribution in [0.2, 0.25) is 0 Å². The summed E-state index contributed by atoms with van der Waals surface area (Å²) in [4.78, 5) is 41.4. The van der Waals surface area contributed by atoms with Crippen LogP contribution in [-0.2, 0) is 17.9 Å². The van der Waals surface area contributed by atoms with Gasteiger partial charge in [0, 0.05) is 66.5 Å². The molecule has 2 aliphatic rings. The number of methoxy groups -OCH3 is 2. The molecular formula is C36H41N7O4. The molecule has 0 unspecified atom stereocenters. The summed E-state index contributed by atoms with van der Waals surface area (Å²) in [6.07, 6.45) is 4.58. The number of carbonyl (C=O) groups excluding carboxylic acids is 2. The van der Waals surface area contributed by atoms with Gasteiger partial charge in [0.25, 0.3) is 0 Å². The number of fused-ring (bicyclic) bond motifs is 1. The number of hydrogen-bond acceptors (Lipinski definition) is 8. The molecule has 3 amide bonds. The van der Waals surface area contributed by atoms with Crippen molar-refractivity contribution in [1.29, 1.82) is 0 Å². The van der Waals surface area contributed by atoms with E-state index in [0.29, 0.717) is 41.1 Å². The van der Waals surface area contributed by atoms with Crippen molar-refractivity contribution in [2.75, 3.05) is 52.6 Å². The number of nitrogens with one attached hydrogen (secondary N) is 2. The Balaban J connectivity index is 1.29. The number of piperidine rings is 1. The molecular weight excluding hydrogens is 594 g/mol. The number of aromatic nitrogens is 2. The molecule has 0 atom stereocenters. The predicted molar refractivity (Wildman–Crippen MR) is 185 cm³/mol. The molecule has 0 radical (unpaired) electrons. The average molecular weight is 636 g/mol. The molecule has 6 rings (SSSR count). The van der Waals surface area contributed by atoms with Gasteiger partial charge in [-0.05, 0) is 60.7 Å². The van der Waals surface area contributed by atoms with Crippen molar-refractivity contribution in [2.24, 2.45) is 5.92 Å². The first-order valence-corrected chi connectivity index (χ1v) is 16.0. The molecule has 244 valence electrons. The quantitative estimate of drug-likeness (QED) is 0.192. The molecule has 1 saturated heterocycles. The van der Waals surface area contributed by atoms with Crippen LogP contribution in [0.5, 0.6) is 11.5 Å². The van der Waals surface area contributed by atoms with Crippen LogP contribution >= 0.6 is 0 Å². The van der Waals surface area contributed by atoms with E-state index in [2.05, 4.69) is 39.6 Å². The lowest BCUT2D eigenvalue weighted by Gasteiger charge is -2.36. The second kappa shape index (κ2) is 14.0. The van der Waals surface area contributed by atoms with Crippen molar-refractivity contribution in [3.63, 3.8) is 0 Å². The zero-order chi connectivity index (χ0) is 32.9.